The molecule has 0 bridgehead atoms. The molecule has 2 fully saturated rings. The number of nitrogens with zero attached hydrogens (tertiary/aromatic N) is 3. The zero-order chi connectivity index (χ0) is 22.3. The molecule has 2 saturated heterocycles. The van der Waals surface area contributed by atoms with Gasteiger partial charge in [-0.3, -0.25) is 9.79 Å². The van der Waals surface area contributed by atoms with Crippen molar-refractivity contribution in [1.29, 1.82) is 0 Å². The largest absolute Gasteiger partial charge is 0.368 e. The quantitative estimate of drug-likeness (QED) is 0.712. The number of fused-ring (bicyclic) bond motifs is 1. The van der Waals surface area contributed by atoms with Gasteiger partial charge in [-0.15, -0.1) is 0 Å². The number of halogens is 1. The maximum atomic E-state index is 13.1. The van der Waals surface area contributed by atoms with E-state index in [4.69, 9.17) is 11.6 Å². The van der Waals surface area contributed by atoms with E-state index in [1.54, 1.807) is 0 Å². The van der Waals surface area contributed by atoms with Gasteiger partial charge in [-0.05, 0) is 42.5 Å². The van der Waals surface area contributed by atoms with Crippen molar-refractivity contribution >= 4 is 55.6 Å². The minimum Gasteiger partial charge on any atom is -0.368 e. The van der Waals surface area contributed by atoms with Crippen LogP contribution in [0.15, 0.2) is 53.5 Å². The minimum absolute atomic E-state index is 0.00776. The molecule has 0 spiro atoms. The Morgan fingerprint density at radius 1 is 1.06 bits per heavy atom. The highest BCUT2D eigenvalue weighted by atomic mass is 35.5. The fourth-order valence-corrected chi connectivity index (χ4v) is 8.07. The molecule has 0 aromatic heterocycles. The number of rotatable bonds is 3. The number of hydrogen-bond donors (Lipinski definition) is 1. The van der Waals surface area contributed by atoms with Crippen LogP contribution < -0.4 is 10.2 Å². The van der Waals surface area contributed by atoms with Gasteiger partial charge in [0.2, 0.25) is 0 Å². The normalized spacial score (nSPS) is 24.2. The van der Waals surface area contributed by atoms with Crippen molar-refractivity contribution < 1.29 is 13.2 Å². The zero-order valence-corrected chi connectivity index (χ0v) is 19.7. The Morgan fingerprint density at radius 3 is 2.53 bits per heavy atom. The highest BCUT2D eigenvalue weighted by Gasteiger charge is 2.42. The third kappa shape index (κ3) is 4.60. The van der Waals surface area contributed by atoms with E-state index in [2.05, 4.69) is 15.2 Å². The number of thioether (sulfide) groups is 1. The van der Waals surface area contributed by atoms with Crippen LogP contribution in [0, 0.1) is 0 Å². The zero-order valence-electron chi connectivity index (χ0n) is 17.3. The van der Waals surface area contributed by atoms with Gasteiger partial charge >= 0.3 is 0 Å². The molecule has 3 aliphatic heterocycles. The molecule has 1 amide bonds. The SMILES string of the molecule is O=C(c1cccc(NC2=NC3CS(=O)(=O)CC3S2)c1)N1CCN(c2ccc(Cl)cc2)CC1. The number of nitrogens with one attached hydrogen (secondary N) is 1. The van der Waals surface area contributed by atoms with Crippen LogP contribution in [0.25, 0.3) is 0 Å². The second-order valence-corrected chi connectivity index (χ2v) is 12.0. The van der Waals surface area contributed by atoms with Crippen LogP contribution in [0.3, 0.4) is 0 Å². The lowest BCUT2D eigenvalue weighted by atomic mass is 10.1. The molecule has 2 aromatic carbocycles. The molecule has 7 nitrogen and oxygen atoms in total. The number of sulfone groups is 1. The second-order valence-electron chi connectivity index (χ2n) is 8.20. The van der Waals surface area contributed by atoms with Crippen molar-refractivity contribution in [3.8, 4) is 0 Å². The van der Waals surface area contributed by atoms with Crippen LogP contribution in [0.2, 0.25) is 5.02 Å². The Morgan fingerprint density at radius 2 is 1.81 bits per heavy atom. The van der Waals surface area contributed by atoms with E-state index in [1.165, 1.54) is 11.8 Å². The third-order valence-corrected chi connectivity index (χ3v) is 9.33. The molecule has 3 aliphatic rings. The molecule has 10 heteroatoms. The Hall–Kier alpha value is -2.23. The number of aliphatic imine (C=N–C) groups is 1. The summed E-state index contributed by atoms with van der Waals surface area (Å²) in [6.07, 6.45) is 0. The fourth-order valence-electron chi connectivity index (χ4n) is 4.27. The molecular formula is C22H23ClN4O3S2. The van der Waals surface area contributed by atoms with Crippen molar-refractivity contribution in [3.63, 3.8) is 0 Å². The van der Waals surface area contributed by atoms with Crippen molar-refractivity contribution in [3.05, 3.63) is 59.1 Å². The molecule has 1 N–H and O–H groups in total. The lowest BCUT2D eigenvalue weighted by Crippen LogP contribution is -2.48. The third-order valence-electron chi connectivity index (χ3n) is 5.94. The topological polar surface area (TPSA) is 82.1 Å². The van der Waals surface area contributed by atoms with Gasteiger partial charge in [0.05, 0.1) is 17.5 Å². The summed E-state index contributed by atoms with van der Waals surface area (Å²) in [5, 5.41) is 4.68. The number of carbonyl (C=O) groups is 1. The Balaban J connectivity index is 1.20. The van der Waals surface area contributed by atoms with Gasteiger partial charge in [-0.1, -0.05) is 29.4 Å². The summed E-state index contributed by atoms with van der Waals surface area (Å²) >= 11 is 7.45. The summed E-state index contributed by atoms with van der Waals surface area (Å²) in [7, 11) is -2.97. The Bertz CT molecular complexity index is 1160. The molecule has 3 heterocycles. The van der Waals surface area contributed by atoms with Gasteiger partial charge in [0, 0.05) is 53.4 Å². The van der Waals surface area contributed by atoms with E-state index in [9.17, 15) is 13.2 Å². The number of benzene rings is 2. The standard InChI is InChI=1S/C22H23ClN4O3S2/c23-16-4-6-18(7-5-16)26-8-10-27(11-9-26)21(28)15-2-1-3-17(12-15)24-22-25-19-13-32(29,30)14-20(19)31-22/h1-7,12,19-20H,8-11,13-14H2,(H,24,25). The number of carbonyl (C=O) groups excluding carboxylic acids is 1. The maximum absolute atomic E-state index is 13.1. The van der Waals surface area contributed by atoms with Crippen LogP contribution in [0.1, 0.15) is 10.4 Å². The summed E-state index contributed by atoms with van der Waals surface area (Å²) in [6, 6.07) is 15.0. The van der Waals surface area contributed by atoms with Crippen molar-refractivity contribution in [2.45, 2.75) is 11.3 Å². The van der Waals surface area contributed by atoms with Crippen LogP contribution in [-0.2, 0) is 9.84 Å². The number of anilines is 2. The average molecular weight is 491 g/mol. The molecule has 0 radical (unpaired) electrons. The highest BCUT2D eigenvalue weighted by Crippen LogP contribution is 2.34. The monoisotopic (exact) mass is 490 g/mol. The van der Waals surface area contributed by atoms with Gasteiger partial charge in [0.15, 0.2) is 15.0 Å². The van der Waals surface area contributed by atoms with Gasteiger partial charge in [0.1, 0.15) is 0 Å². The fraction of sp³-hybridized carbons (Fsp3) is 0.364. The summed E-state index contributed by atoms with van der Waals surface area (Å²) in [6.45, 7) is 2.84. The average Bonchev–Trinajstić information content (AvgIpc) is 3.26. The van der Waals surface area contributed by atoms with Gasteiger partial charge in [-0.25, -0.2) is 8.42 Å². The van der Waals surface area contributed by atoms with Crippen LogP contribution >= 0.6 is 23.4 Å². The van der Waals surface area contributed by atoms with E-state index in [0.717, 1.165) is 29.6 Å². The molecule has 0 aliphatic carbocycles. The first kappa shape index (κ1) is 21.6. The minimum atomic E-state index is -2.97. The van der Waals surface area contributed by atoms with E-state index in [-0.39, 0.29) is 28.7 Å². The van der Waals surface area contributed by atoms with Crippen LogP contribution in [0.5, 0.6) is 0 Å². The van der Waals surface area contributed by atoms with Crippen molar-refractivity contribution in [2.75, 3.05) is 47.9 Å². The van der Waals surface area contributed by atoms with Crippen molar-refractivity contribution in [2.24, 2.45) is 4.99 Å². The molecule has 2 unspecified atom stereocenters. The molecule has 168 valence electrons. The second kappa shape index (κ2) is 8.61. The number of piperazine rings is 1. The van der Waals surface area contributed by atoms with Crippen LogP contribution in [0.4, 0.5) is 11.4 Å². The molecule has 2 atom stereocenters. The van der Waals surface area contributed by atoms with E-state index < -0.39 is 9.84 Å². The number of amidine groups is 1. The first-order valence-electron chi connectivity index (χ1n) is 10.5. The molecule has 32 heavy (non-hydrogen) atoms. The molecule has 5 rings (SSSR count). The molecule has 0 saturated carbocycles. The number of hydrogen-bond acceptors (Lipinski definition) is 7. The van der Waals surface area contributed by atoms with Gasteiger partial charge in [0.25, 0.3) is 5.91 Å². The maximum Gasteiger partial charge on any atom is 0.254 e. The van der Waals surface area contributed by atoms with Gasteiger partial charge in [-0.2, -0.15) is 0 Å². The summed E-state index contributed by atoms with van der Waals surface area (Å²) in [5.74, 6) is 0.307. The Kier molecular flexibility index (Phi) is 5.81. The molecular weight excluding hydrogens is 468 g/mol. The summed E-state index contributed by atoms with van der Waals surface area (Å²) < 4.78 is 23.5. The first-order valence-corrected chi connectivity index (χ1v) is 13.6. The first-order chi connectivity index (χ1) is 15.4. The highest BCUT2D eigenvalue weighted by molar-refractivity contribution is 8.15. The number of amides is 1. The summed E-state index contributed by atoms with van der Waals surface area (Å²) in [5.41, 5.74) is 2.52. The summed E-state index contributed by atoms with van der Waals surface area (Å²) in [4.78, 5) is 21.7. The lowest BCUT2D eigenvalue weighted by molar-refractivity contribution is 0.0747. The lowest BCUT2D eigenvalue weighted by Gasteiger charge is -2.36. The van der Waals surface area contributed by atoms with Crippen LogP contribution in [-0.4, -0.2) is 73.4 Å². The van der Waals surface area contributed by atoms with E-state index >= 15 is 0 Å². The van der Waals surface area contributed by atoms with Crippen molar-refractivity contribution in [1.82, 2.24) is 4.90 Å². The Labute approximate surface area is 196 Å². The van der Waals surface area contributed by atoms with E-state index in [0.29, 0.717) is 23.7 Å². The smallest absolute Gasteiger partial charge is 0.254 e. The predicted molar refractivity (Wildman–Crippen MR) is 131 cm³/mol. The predicted octanol–water partition coefficient (Wildman–Crippen LogP) is 2.98. The molecule has 2 aromatic rings. The van der Waals surface area contributed by atoms with Gasteiger partial charge < -0.3 is 15.1 Å². The van der Waals surface area contributed by atoms with E-state index in [1.807, 2.05) is 53.4 Å².